The van der Waals surface area contributed by atoms with Gasteiger partial charge in [0.05, 0.1) is 11.0 Å². The van der Waals surface area contributed by atoms with E-state index < -0.39 is 0 Å². The van der Waals surface area contributed by atoms with Crippen molar-refractivity contribution in [3.05, 3.63) is 23.3 Å². The summed E-state index contributed by atoms with van der Waals surface area (Å²) in [5.74, 6) is 1.24. The molecule has 2 heteroatoms. The quantitative estimate of drug-likeness (QED) is 0.673. The largest absolute Gasteiger partial charge is 0.362 e. The molecule has 2 aliphatic heterocycles. The van der Waals surface area contributed by atoms with Crippen molar-refractivity contribution in [2.45, 2.75) is 70.0 Å². The number of hydrogen-bond donors (Lipinski definition) is 0. The molecule has 2 bridgehead atoms. The van der Waals surface area contributed by atoms with Gasteiger partial charge < -0.3 is 4.74 Å². The molecule has 0 unspecified atom stereocenters. The van der Waals surface area contributed by atoms with Crippen LogP contribution in [0.2, 0.25) is 0 Å². The fourth-order valence-corrected chi connectivity index (χ4v) is 6.21. The first kappa shape index (κ1) is 12.6. The third-order valence-electron chi connectivity index (χ3n) is 7.26. The minimum Gasteiger partial charge on any atom is -0.362 e. The highest BCUT2D eigenvalue weighted by molar-refractivity contribution is 5.95. The van der Waals surface area contributed by atoms with Gasteiger partial charge in [0, 0.05) is 11.8 Å². The minimum atomic E-state index is -0.199. The molecule has 3 aliphatic carbocycles. The van der Waals surface area contributed by atoms with E-state index in [1.165, 1.54) is 37.7 Å². The van der Waals surface area contributed by atoms with Gasteiger partial charge in [0.2, 0.25) is 0 Å². The molecular formula is C19H24O2. The minimum absolute atomic E-state index is 0.139. The first-order chi connectivity index (χ1) is 10.2. The van der Waals surface area contributed by atoms with Gasteiger partial charge in [-0.15, -0.1) is 0 Å². The number of ether oxygens (including phenoxy) is 1. The molecule has 0 aromatic carbocycles. The Morgan fingerprint density at radius 1 is 1.14 bits per heavy atom. The van der Waals surface area contributed by atoms with Crippen molar-refractivity contribution >= 4 is 5.78 Å². The Morgan fingerprint density at radius 3 is 2.76 bits per heavy atom. The molecule has 0 aromatic rings. The van der Waals surface area contributed by atoms with Crippen LogP contribution in [0.5, 0.6) is 0 Å². The highest BCUT2D eigenvalue weighted by atomic mass is 16.5. The number of carbonyl (C=O) groups is 1. The SMILES string of the molecule is C[C@]12CCC[C@@]13O[C@@H](C2=O)[C@@H]1C(=C2CCCCC2)C=C[C@@H]13. The van der Waals surface area contributed by atoms with Crippen LogP contribution in [-0.4, -0.2) is 17.5 Å². The van der Waals surface area contributed by atoms with Gasteiger partial charge in [0.25, 0.3) is 0 Å². The second-order valence-corrected chi connectivity index (χ2v) is 8.01. The van der Waals surface area contributed by atoms with E-state index in [4.69, 9.17) is 4.74 Å². The molecule has 5 atom stereocenters. The lowest BCUT2D eigenvalue weighted by Gasteiger charge is -2.41. The van der Waals surface area contributed by atoms with Crippen LogP contribution in [0, 0.1) is 17.3 Å². The summed E-state index contributed by atoms with van der Waals surface area (Å²) >= 11 is 0. The lowest BCUT2D eigenvalue weighted by molar-refractivity contribution is -0.130. The van der Waals surface area contributed by atoms with Gasteiger partial charge in [-0.25, -0.2) is 0 Å². The molecule has 1 spiro atoms. The van der Waals surface area contributed by atoms with E-state index in [-0.39, 0.29) is 17.1 Å². The number of hydrogen-bond acceptors (Lipinski definition) is 2. The fourth-order valence-electron chi connectivity index (χ4n) is 6.21. The molecule has 2 heterocycles. The van der Waals surface area contributed by atoms with Gasteiger partial charge in [0.1, 0.15) is 6.10 Å². The zero-order chi connectivity index (χ0) is 14.2. The van der Waals surface area contributed by atoms with Gasteiger partial charge in [-0.1, -0.05) is 24.1 Å². The van der Waals surface area contributed by atoms with E-state index in [0.29, 0.717) is 17.6 Å². The Kier molecular flexibility index (Phi) is 2.34. The van der Waals surface area contributed by atoms with E-state index in [2.05, 4.69) is 19.1 Å². The molecule has 2 nitrogen and oxygen atoms in total. The average Bonchev–Trinajstić information content (AvgIpc) is 3.19. The summed E-state index contributed by atoms with van der Waals surface area (Å²) in [6.07, 6.45) is 14.4. The predicted molar refractivity (Wildman–Crippen MR) is 80.8 cm³/mol. The maximum atomic E-state index is 13.0. The molecule has 2 saturated heterocycles. The van der Waals surface area contributed by atoms with Crippen molar-refractivity contribution in [3.8, 4) is 0 Å². The van der Waals surface area contributed by atoms with Crippen molar-refractivity contribution in [2.24, 2.45) is 17.3 Å². The maximum absolute atomic E-state index is 13.0. The molecule has 2 saturated carbocycles. The molecule has 5 rings (SSSR count). The summed E-state index contributed by atoms with van der Waals surface area (Å²) in [4.78, 5) is 13.0. The van der Waals surface area contributed by atoms with Crippen molar-refractivity contribution in [3.63, 3.8) is 0 Å². The first-order valence-corrected chi connectivity index (χ1v) is 8.80. The van der Waals surface area contributed by atoms with Crippen LogP contribution >= 0.6 is 0 Å². The van der Waals surface area contributed by atoms with Crippen molar-refractivity contribution in [2.75, 3.05) is 0 Å². The maximum Gasteiger partial charge on any atom is 0.170 e. The molecule has 21 heavy (non-hydrogen) atoms. The number of carbonyl (C=O) groups excluding carboxylic acids is 1. The summed E-state index contributed by atoms with van der Waals surface area (Å²) in [7, 11) is 0. The summed E-state index contributed by atoms with van der Waals surface area (Å²) in [6.45, 7) is 2.18. The highest BCUT2D eigenvalue weighted by Crippen LogP contribution is 2.69. The van der Waals surface area contributed by atoms with Crippen LogP contribution in [-0.2, 0) is 9.53 Å². The zero-order valence-corrected chi connectivity index (χ0v) is 12.9. The zero-order valence-electron chi connectivity index (χ0n) is 12.9. The Labute approximate surface area is 126 Å². The Balaban J connectivity index is 1.60. The molecule has 5 aliphatic rings. The van der Waals surface area contributed by atoms with Crippen molar-refractivity contribution in [1.82, 2.24) is 0 Å². The summed E-state index contributed by atoms with van der Waals surface area (Å²) in [5, 5.41) is 0. The van der Waals surface area contributed by atoms with E-state index in [1.54, 1.807) is 5.57 Å². The van der Waals surface area contributed by atoms with E-state index in [9.17, 15) is 4.79 Å². The lowest BCUT2D eigenvalue weighted by Crippen LogP contribution is -2.51. The number of fused-ring (bicyclic) bond motifs is 3. The second kappa shape index (κ2) is 3.90. The Hall–Kier alpha value is -0.890. The van der Waals surface area contributed by atoms with E-state index in [1.807, 2.05) is 0 Å². The van der Waals surface area contributed by atoms with Crippen LogP contribution in [0.25, 0.3) is 0 Å². The molecule has 0 N–H and O–H groups in total. The monoisotopic (exact) mass is 284 g/mol. The predicted octanol–water partition coefficient (Wildman–Crippen LogP) is 3.96. The highest BCUT2D eigenvalue weighted by Gasteiger charge is 2.76. The lowest BCUT2D eigenvalue weighted by atomic mass is 9.59. The van der Waals surface area contributed by atoms with Gasteiger partial charge in [-0.2, -0.15) is 0 Å². The molecular weight excluding hydrogens is 260 g/mol. The molecule has 4 fully saturated rings. The third-order valence-corrected chi connectivity index (χ3v) is 7.26. The molecule has 0 amide bonds. The summed E-state index contributed by atoms with van der Waals surface area (Å²) in [6, 6.07) is 0. The molecule has 112 valence electrons. The Morgan fingerprint density at radius 2 is 1.95 bits per heavy atom. The number of rotatable bonds is 0. The third kappa shape index (κ3) is 1.28. The molecule has 0 aromatic heterocycles. The van der Waals surface area contributed by atoms with Crippen molar-refractivity contribution in [1.29, 1.82) is 0 Å². The van der Waals surface area contributed by atoms with E-state index >= 15 is 0 Å². The second-order valence-electron chi connectivity index (χ2n) is 8.01. The van der Waals surface area contributed by atoms with Gasteiger partial charge in [0.15, 0.2) is 5.78 Å². The molecule has 0 radical (unpaired) electrons. The average molecular weight is 284 g/mol. The number of allylic oxidation sites excluding steroid dienone is 2. The summed E-state index contributed by atoms with van der Waals surface area (Å²) < 4.78 is 6.45. The van der Waals surface area contributed by atoms with Crippen molar-refractivity contribution < 1.29 is 9.53 Å². The standard InChI is InChI=1S/C19H24O2/c1-18-10-5-11-19(18)14-9-8-13(12-6-3-2-4-7-12)15(14)16(21-19)17(18)20/h8-9,14-16H,2-7,10-11H2,1H3/t14-,15+,16+,18+,19-/m0/s1. The number of ketones is 1. The van der Waals surface area contributed by atoms with Gasteiger partial charge in [-0.3, -0.25) is 4.79 Å². The van der Waals surface area contributed by atoms with Gasteiger partial charge >= 0.3 is 0 Å². The summed E-state index contributed by atoms with van der Waals surface area (Å²) in [5.41, 5.74) is 2.76. The van der Waals surface area contributed by atoms with Crippen LogP contribution in [0.1, 0.15) is 58.3 Å². The normalized spacial score (nSPS) is 50.9. The fraction of sp³-hybridized carbons (Fsp3) is 0.737. The van der Waals surface area contributed by atoms with E-state index in [0.717, 1.165) is 19.3 Å². The van der Waals surface area contributed by atoms with Crippen LogP contribution in [0.15, 0.2) is 23.3 Å². The smallest absolute Gasteiger partial charge is 0.170 e. The van der Waals surface area contributed by atoms with Crippen LogP contribution in [0.3, 0.4) is 0 Å². The van der Waals surface area contributed by atoms with Gasteiger partial charge in [-0.05, 0) is 57.4 Å². The topological polar surface area (TPSA) is 26.3 Å². The van der Waals surface area contributed by atoms with Crippen LogP contribution < -0.4 is 0 Å². The first-order valence-electron chi connectivity index (χ1n) is 8.80. The Bertz CT molecular complexity index is 578. The number of Topliss-reactive ketones (excluding diaryl/α,β-unsaturated/α-hetero) is 1. The van der Waals surface area contributed by atoms with Crippen LogP contribution in [0.4, 0.5) is 0 Å².